The molecule has 46 heteroatoms. The number of carbonyl (C=O) groups excluding carboxylic acids is 7. The summed E-state index contributed by atoms with van der Waals surface area (Å²) in [6.07, 6.45) is 17.5. The highest BCUT2D eigenvalue weighted by Gasteiger charge is 2.62. The minimum atomic E-state index is -0.879. The van der Waals surface area contributed by atoms with Crippen LogP contribution in [0.1, 0.15) is 166 Å². The van der Waals surface area contributed by atoms with E-state index in [1.54, 1.807) is 45.1 Å². The van der Waals surface area contributed by atoms with E-state index in [1.165, 1.54) is 11.2 Å². The fraction of sp³-hybridized carbons (Fsp3) is 0.701. The molecule has 21 aliphatic rings. The molecule has 27 N–H and O–H groups in total. The molecule has 6 saturated carbocycles. The standard InChI is InChI=1S/C17H27N5O3.C16H25N5O3.2C15H23N5O2.C12H19N5O.C10H16N4O.C9H14N4O.3CH4/c1-17(2,3)22-6-7(10-14(22)20-16(18)21-15(10)25)5-19-11-8-4-9(8)12(23)13(11)24;1-16(2,3)21-7-8(6-18-9-4-5-10(22)12(9)23)11-13(21)19-15(17)20-14(11)24;2*1-6-11(8-3-9(8)12(6)21)17-4-7-5-20(2)13-10(7)14(22)19-15(16)18-13;1-6(13)7-5-17(12(2,3)4)9-8(7)10(18)16-11(14)15-9;1-10(2,3)14-6-11-7-8(14)12-5-13(4)9(7)15;1-9(2,3)13-5-12-6-7(13)10-4-11-8(6)14;;;/h6,8-14,19,23-24H,4-5H2,1-3H3,(H3,18,20,21,25);4-5,7,9-13,18,22-23H,6H2,1-3H3,(H3,17,19,20,24);2*5-6,8-13,17,21H,3-4H2,1-2H3,(H3,16,18,19,22);5,8-9,13H,1-4H3,(H3,14,15,16,18);5-8H,1-4H3;4-7H,1-3H3,(H,10,11,14);3*1H4. The first-order chi connectivity index (χ1) is 65.4. The van der Waals surface area contributed by atoms with Crippen molar-refractivity contribution in [3.8, 4) is 0 Å². The van der Waals surface area contributed by atoms with Crippen LogP contribution < -0.4 is 81.4 Å². The number of hydrogen-bond acceptors (Lipinski definition) is 38. The summed E-state index contributed by atoms with van der Waals surface area (Å²) in [5.41, 5.74) is 27.0. The van der Waals surface area contributed by atoms with Gasteiger partial charge in [-0.15, -0.1) is 0 Å². The van der Waals surface area contributed by atoms with E-state index in [0.717, 1.165) is 41.6 Å². The van der Waals surface area contributed by atoms with Crippen molar-refractivity contribution in [2.24, 2.45) is 140 Å². The minimum Gasteiger partial charge on any atom is -0.392 e. The molecule has 14 heterocycles. The van der Waals surface area contributed by atoms with E-state index in [4.69, 9.17) is 33.8 Å². The molecule has 7 aliphatic carbocycles. The van der Waals surface area contributed by atoms with Crippen LogP contribution in [0.2, 0.25) is 0 Å². The largest absolute Gasteiger partial charge is 0.392 e. The molecule has 32 atom stereocenters. The smallest absolute Gasteiger partial charge is 0.256 e. The van der Waals surface area contributed by atoms with E-state index < -0.39 is 42.2 Å². The maximum absolute atomic E-state index is 12.5. The van der Waals surface area contributed by atoms with Gasteiger partial charge in [0.2, 0.25) is 29.5 Å². The lowest BCUT2D eigenvalue weighted by Gasteiger charge is -2.41. The molecule has 1 saturated heterocycles. The highest BCUT2D eigenvalue weighted by molar-refractivity contribution is 6.09. The van der Waals surface area contributed by atoms with Crippen LogP contribution in [-0.4, -0.2) is 363 Å². The van der Waals surface area contributed by atoms with E-state index in [2.05, 4.69) is 200 Å². The third kappa shape index (κ3) is 22.4. The van der Waals surface area contributed by atoms with E-state index in [9.17, 15) is 64.2 Å². The van der Waals surface area contributed by atoms with Gasteiger partial charge in [-0.3, -0.25) is 75.5 Å². The predicted octanol–water partition coefficient (Wildman–Crippen LogP) is -2.23. The summed E-state index contributed by atoms with van der Waals surface area (Å²) in [6, 6.07) is -0.527. The van der Waals surface area contributed by atoms with Crippen molar-refractivity contribution in [1.82, 2.24) is 97.7 Å². The number of rotatable bonds is 13. The number of carbonyl (C=O) groups is 7. The number of nitrogens with two attached hydrogens (primary N) is 4. The second kappa shape index (κ2) is 41.6. The normalized spacial score (nSPS) is 37.1. The first-order valence-electron chi connectivity index (χ1n) is 48.5. The SMILES string of the molecule is C.C.C.CC(=N)C1=CN(C(C)(C)C)C2NC(=N)NC(=O)C12.CC(C)(C)N1C=C(CNC2C(O)C(O)C3CC32)C2C(=O)NC(N)=NC21.CC(C)(C)N1C=C(CNC2C=CC(O)C2O)C2C(=O)NC(N)=NC21.CC(C)(C)N1C=NC2C(=O)NC=NC21.CC1C(O)C2CC2C1NCC1=CN(C)C2N=C(N)NC(=O)C12.CC1C(O)C2CC2C1NCC1=CN(C)C2N=C(N)NC(=O)C12.CN1C=NC2C(N=CN2C(C)(C)C)C1=O. The van der Waals surface area contributed by atoms with E-state index in [1.807, 2.05) is 95.3 Å². The third-order valence-electron chi connectivity index (χ3n) is 30.4. The fourth-order valence-electron chi connectivity index (χ4n) is 22.6. The van der Waals surface area contributed by atoms with Gasteiger partial charge in [0, 0.05) is 135 Å². The molecule has 143 heavy (non-hydrogen) atoms. The Morgan fingerprint density at radius 3 is 1.17 bits per heavy atom. The number of likely N-dealkylation sites (N-methyl/N-ethyl adjacent to an activating group) is 1. The van der Waals surface area contributed by atoms with Crippen LogP contribution in [-0.2, 0) is 33.6 Å². The summed E-state index contributed by atoms with van der Waals surface area (Å²) in [5, 5.41) is 107. The summed E-state index contributed by atoms with van der Waals surface area (Å²) in [7, 11) is 5.54. The molecule has 7 fully saturated rings. The van der Waals surface area contributed by atoms with Gasteiger partial charge in [0.15, 0.2) is 54.2 Å². The minimum absolute atomic E-state index is 0. The number of fused-ring (bicyclic) bond motifs is 10. The molecule has 790 valence electrons. The van der Waals surface area contributed by atoms with Crippen LogP contribution in [0, 0.1) is 87.8 Å². The Morgan fingerprint density at radius 1 is 0.413 bits per heavy atom. The summed E-state index contributed by atoms with van der Waals surface area (Å²) < 4.78 is 0. The Bertz CT molecular complexity index is 5220. The number of hydrogen-bond donors (Lipinski definition) is 23. The van der Waals surface area contributed by atoms with Crippen molar-refractivity contribution in [2.45, 2.75) is 310 Å². The zero-order valence-corrected chi connectivity index (χ0v) is 83.8. The number of amides is 7. The van der Waals surface area contributed by atoms with E-state index in [-0.39, 0.29) is 230 Å². The summed E-state index contributed by atoms with van der Waals surface area (Å²) >= 11 is 0. The Kier molecular flexibility index (Phi) is 32.1. The number of nitrogens with zero attached hydrogens (tertiary/aromatic N) is 16. The van der Waals surface area contributed by atoms with Crippen LogP contribution in [0.15, 0.2) is 111 Å². The lowest BCUT2D eigenvalue weighted by atomic mass is 9.93. The van der Waals surface area contributed by atoms with Crippen molar-refractivity contribution < 1.29 is 64.2 Å². The first kappa shape index (κ1) is 110. The maximum Gasteiger partial charge on any atom is 0.256 e. The molecule has 46 nitrogen and oxygen atoms in total. The van der Waals surface area contributed by atoms with Crippen molar-refractivity contribution in [1.29, 1.82) is 10.8 Å². The van der Waals surface area contributed by atoms with Gasteiger partial charge < -0.3 is 130 Å². The van der Waals surface area contributed by atoms with Gasteiger partial charge in [0.1, 0.15) is 66.5 Å². The molecule has 7 amide bonds. The Balaban J connectivity index is 0.000000150. The van der Waals surface area contributed by atoms with Gasteiger partial charge in [0.25, 0.3) is 11.8 Å². The van der Waals surface area contributed by atoms with E-state index >= 15 is 0 Å². The Hall–Kier alpha value is -11.4. The van der Waals surface area contributed by atoms with Gasteiger partial charge in [-0.1, -0.05) is 48.3 Å². The second-order valence-electron chi connectivity index (χ2n) is 45.4. The van der Waals surface area contributed by atoms with Gasteiger partial charge in [-0.05, 0) is 200 Å². The summed E-state index contributed by atoms with van der Waals surface area (Å²) in [6.45, 7) is 39.0. The van der Waals surface area contributed by atoms with Crippen LogP contribution in [0.3, 0.4) is 0 Å². The van der Waals surface area contributed by atoms with E-state index in [0.29, 0.717) is 79.1 Å². The maximum atomic E-state index is 12.5. The highest BCUT2D eigenvalue weighted by Crippen LogP contribution is 2.56. The Labute approximate surface area is 838 Å². The number of nitrogens with one attached hydrogen (secondary N) is 13. The molecule has 0 spiro atoms. The van der Waals surface area contributed by atoms with Crippen LogP contribution in [0.25, 0.3) is 0 Å². The number of aliphatic hydroxyl groups excluding tert-OH is 6. The number of aliphatic imine (C=N–C) groups is 8. The molecule has 14 aliphatic heterocycles. The fourth-order valence-corrected chi connectivity index (χ4v) is 22.6. The summed E-state index contributed by atoms with van der Waals surface area (Å²) in [5.74, 6) is 1.36. The molecule has 32 unspecified atom stereocenters. The molecule has 0 aromatic heterocycles. The van der Waals surface area contributed by atoms with Crippen molar-refractivity contribution in [3.63, 3.8) is 0 Å². The molecule has 0 radical (unpaired) electrons. The zero-order chi connectivity index (χ0) is 102. The molecule has 0 aromatic carbocycles. The van der Waals surface area contributed by atoms with Crippen molar-refractivity contribution in [2.75, 3.05) is 47.3 Å². The zero-order valence-electron chi connectivity index (χ0n) is 83.8. The lowest BCUT2D eigenvalue weighted by molar-refractivity contribution is -0.129. The number of aliphatic hydroxyl groups is 6. The van der Waals surface area contributed by atoms with Gasteiger partial charge in [0.05, 0.1) is 61.9 Å². The quantitative estimate of drug-likeness (QED) is 0.0685. The number of guanidine groups is 5. The molecule has 0 bridgehead atoms. The van der Waals surface area contributed by atoms with Crippen molar-refractivity contribution >= 4 is 102 Å². The van der Waals surface area contributed by atoms with Gasteiger partial charge >= 0.3 is 0 Å². The van der Waals surface area contributed by atoms with Crippen LogP contribution in [0.5, 0.6) is 0 Å². The average molecular weight is 2000 g/mol. The summed E-state index contributed by atoms with van der Waals surface area (Å²) in [4.78, 5) is 135. The molecular formula is C97H159N33O13. The predicted molar refractivity (Wildman–Crippen MR) is 547 cm³/mol. The van der Waals surface area contributed by atoms with Gasteiger partial charge in [-0.2, -0.15) is 0 Å². The third-order valence-corrected chi connectivity index (χ3v) is 30.4. The molecule has 0 aromatic rings. The van der Waals surface area contributed by atoms with Crippen molar-refractivity contribution in [3.05, 3.63) is 71.0 Å². The molecule has 21 rings (SSSR count). The average Bonchev–Trinajstić information content (AvgIpc) is 1.58. The van der Waals surface area contributed by atoms with Gasteiger partial charge in [-0.25, -0.2) is 30.0 Å². The highest BCUT2D eigenvalue weighted by atomic mass is 16.3. The lowest BCUT2D eigenvalue weighted by Crippen LogP contribution is -2.64. The Morgan fingerprint density at radius 2 is 0.783 bits per heavy atom. The van der Waals surface area contributed by atoms with Crippen LogP contribution in [0.4, 0.5) is 0 Å². The monoisotopic (exact) mass is 1990 g/mol. The topological polar surface area (TPSA) is 650 Å². The van der Waals surface area contributed by atoms with Crippen LogP contribution >= 0.6 is 0 Å². The first-order valence-corrected chi connectivity index (χ1v) is 48.5. The second-order valence-corrected chi connectivity index (χ2v) is 45.4. The molecular weight excluding hydrogens is 1840 g/mol.